The van der Waals surface area contributed by atoms with E-state index in [9.17, 15) is 4.79 Å². The molecule has 1 aromatic rings. The van der Waals surface area contributed by atoms with Crippen LogP contribution < -0.4 is 5.32 Å². The first kappa shape index (κ1) is 13.8. The lowest BCUT2D eigenvalue weighted by Crippen LogP contribution is -2.51. The summed E-state index contributed by atoms with van der Waals surface area (Å²) in [4.78, 5) is 14.3. The number of rotatable bonds is 4. The molecule has 2 atom stereocenters. The molecule has 0 saturated carbocycles. The Bertz CT molecular complexity index is 430. The number of amides is 1. The zero-order valence-corrected chi connectivity index (χ0v) is 11.5. The maximum atomic E-state index is 12.3. The van der Waals surface area contributed by atoms with Crippen molar-refractivity contribution in [3.63, 3.8) is 0 Å². The van der Waals surface area contributed by atoms with Crippen LogP contribution in [0.5, 0.6) is 0 Å². The van der Waals surface area contributed by atoms with Crippen molar-refractivity contribution in [3.8, 4) is 0 Å². The van der Waals surface area contributed by atoms with Crippen molar-refractivity contribution in [3.05, 3.63) is 48.6 Å². The fourth-order valence-electron chi connectivity index (χ4n) is 2.51. The summed E-state index contributed by atoms with van der Waals surface area (Å²) in [7, 11) is 0. The van der Waals surface area contributed by atoms with Gasteiger partial charge in [0.1, 0.15) is 0 Å². The first-order chi connectivity index (χ1) is 9.20. The molecule has 1 fully saturated rings. The second-order valence-electron chi connectivity index (χ2n) is 5.15. The van der Waals surface area contributed by atoms with E-state index < -0.39 is 0 Å². The summed E-state index contributed by atoms with van der Waals surface area (Å²) < 4.78 is 0. The second-order valence-corrected chi connectivity index (χ2v) is 5.15. The predicted molar refractivity (Wildman–Crippen MR) is 78.0 cm³/mol. The molecule has 0 radical (unpaired) electrons. The van der Waals surface area contributed by atoms with Gasteiger partial charge >= 0.3 is 0 Å². The molecule has 0 spiro atoms. The van der Waals surface area contributed by atoms with E-state index in [0.29, 0.717) is 12.5 Å². The lowest BCUT2D eigenvalue weighted by Gasteiger charge is -2.32. The molecule has 0 aliphatic carbocycles. The van der Waals surface area contributed by atoms with Gasteiger partial charge in [0.2, 0.25) is 5.91 Å². The number of carbonyl (C=O) groups excluding carboxylic acids is 1. The van der Waals surface area contributed by atoms with Gasteiger partial charge in [-0.15, -0.1) is 6.58 Å². The van der Waals surface area contributed by atoms with Crippen molar-refractivity contribution >= 4 is 5.91 Å². The molecule has 2 rings (SSSR count). The second kappa shape index (κ2) is 6.53. The van der Waals surface area contributed by atoms with Crippen molar-refractivity contribution < 1.29 is 4.79 Å². The van der Waals surface area contributed by atoms with Gasteiger partial charge in [0.05, 0.1) is 0 Å². The number of nitrogens with zero attached hydrogens (tertiary/aromatic N) is 1. The van der Waals surface area contributed by atoms with Crippen molar-refractivity contribution in [1.29, 1.82) is 0 Å². The van der Waals surface area contributed by atoms with Crippen molar-refractivity contribution in [2.75, 3.05) is 19.6 Å². The molecule has 1 aliphatic heterocycles. The fraction of sp³-hybridized carbons (Fsp3) is 0.438. The van der Waals surface area contributed by atoms with E-state index in [1.54, 1.807) is 0 Å². The number of carbonyl (C=O) groups is 1. The number of piperazine rings is 1. The molecule has 3 nitrogen and oxygen atoms in total. The first-order valence-electron chi connectivity index (χ1n) is 6.89. The van der Waals surface area contributed by atoms with E-state index in [4.69, 9.17) is 0 Å². The zero-order chi connectivity index (χ0) is 13.7. The first-order valence-corrected chi connectivity index (χ1v) is 6.89. The Balaban J connectivity index is 1.98. The van der Waals surface area contributed by atoms with E-state index in [1.807, 2.05) is 29.2 Å². The van der Waals surface area contributed by atoms with E-state index in [0.717, 1.165) is 25.2 Å². The van der Waals surface area contributed by atoms with Crippen LogP contribution >= 0.6 is 0 Å². The van der Waals surface area contributed by atoms with Crippen LogP contribution in [-0.4, -0.2) is 36.5 Å². The third-order valence-corrected chi connectivity index (χ3v) is 3.63. The summed E-state index contributed by atoms with van der Waals surface area (Å²) in [5.74, 6) is 0.334. The highest BCUT2D eigenvalue weighted by Gasteiger charge is 2.22. The monoisotopic (exact) mass is 258 g/mol. The third kappa shape index (κ3) is 3.67. The van der Waals surface area contributed by atoms with E-state index >= 15 is 0 Å². The van der Waals surface area contributed by atoms with Crippen LogP contribution in [0, 0.1) is 0 Å². The topological polar surface area (TPSA) is 32.3 Å². The Kier molecular flexibility index (Phi) is 4.74. The van der Waals surface area contributed by atoms with Gasteiger partial charge in [-0.1, -0.05) is 36.4 Å². The highest BCUT2D eigenvalue weighted by atomic mass is 16.2. The summed E-state index contributed by atoms with van der Waals surface area (Å²) in [6, 6.07) is 10.5. The van der Waals surface area contributed by atoms with Crippen molar-refractivity contribution in [2.24, 2.45) is 0 Å². The molecule has 0 bridgehead atoms. The van der Waals surface area contributed by atoms with Gasteiger partial charge in [0.25, 0.3) is 0 Å². The Morgan fingerprint density at radius 1 is 1.53 bits per heavy atom. The molecule has 1 saturated heterocycles. The maximum absolute atomic E-state index is 12.3. The summed E-state index contributed by atoms with van der Waals surface area (Å²) in [6.45, 7) is 8.48. The molecule has 1 N–H and O–H groups in total. The summed E-state index contributed by atoms with van der Waals surface area (Å²) in [6.07, 6.45) is 2.39. The molecule has 1 aromatic carbocycles. The normalized spacial score (nSPS) is 20.9. The Morgan fingerprint density at radius 3 is 2.89 bits per heavy atom. The molecule has 1 aliphatic rings. The van der Waals surface area contributed by atoms with E-state index in [-0.39, 0.29) is 11.8 Å². The molecule has 0 aromatic heterocycles. The standard InChI is InChI=1S/C16H22N2O/c1-3-14(15-7-5-4-6-8-15)11-16(19)18-10-9-17-13(2)12-18/h3-8,13-14,17H,1,9-12H2,2H3/t13-,14?/m1/s1. The van der Waals surface area contributed by atoms with Crippen LogP contribution in [0.15, 0.2) is 43.0 Å². The number of allylic oxidation sites excluding steroid dienone is 1. The largest absolute Gasteiger partial charge is 0.340 e. The Morgan fingerprint density at radius 2 is 2.26 bits per heavy atom. The Hall–Kier alpha value is -1.61. The zero-order valence-electron chi connectivity index (χ0n) is 11.5. The predicted octanol–water partition coefficient (Wildman–Crippen LogP) is 2.17. The molecular weight excluding hydrogens is 236 g/mol. The van der Waals surface area contributed by atoms with Gasteiger partial charge in [-0.3, -0.25) is 4.79 Å². The van der Waals surface area contributed by atoms with Crippen LogP contribution in [0.3, 0.4) is 0 Å². The molecular formula is C16H22N2O. The highest BCUT2D eigenvalue weighted by Crippen LogP contribution is 2.21. The van der Waals surface area contributed by atoms with Gasteiger partial charge in [-0.2, -0.15) is 0 Å². The average molecular weight is 258 g/mol. The quantitative estimate of drug-likeness (QED) is 0.839. The molecule has 102 valence electrons. The summed E-state index contributed by atoms with van der Waals surface area (Å²) in [5.41, 5.74) is 1.16. The minimum atomic E-state index is 0.110. The summed E-state index contributed by atoms with van der Waals surface area (Å²) >= 11 is 0. The lowest BCUT2D eigenvalue weighted by atomic mass is 9.95. The van der Waals surface area contributed by atoms with E-state index in [2.05, 4.69) is 31.0 Å². The summed E-state index contributed by atoms with van der Waals surface area (Å²) in [5, 5.41) is 3.35. The minimum absolute atomic E-state index is 0.110. The minimum Gasteiger partial charge on any atom is -0.340 e. The van der Waals surface area contributed by atoms with Gasteiger partial charge < -0.3 is 10.2 Å². The van der Waals surface area contributed by atoms with Gasteiger partial charge in [0, 0.05) is 38.0 Å². The molecule has 1 amide bonds. The van der Waals surface area contributed by atoms with Crippen molar-refractivity contribution in [2.45, 2.75) is 25.3 Å². The SMILES string of the molecule is C=CC(CC(=O)N1CCN[C@H](C)C1)c1ccccc1. The number of nitrogens with one attached hydrogen (secondary N) is 1. The lowest BCUT2D eigenvalue weighted by molar-refractivity contribution is -0.132. The number of hydrogen-bond acceptors (Lipinski definition) is 2. The van der Waals surface area contributed by atoms with Crippen molar-refractivity contribution in [1.82, 2.24) is 10.2 Å². The smallest absolute Gasteiger partial charge is 0.223 e. The third-order valence-electron chi connectivity index (χ3n) is 3.63. The van der Waals surface area contributed by atoms with Crippen LogP contribution in [0.25, 0.3) is 0 Å². The van der Waals surface area contributed by atoms with Crippen LogP contribution in [0.1, 0.15) is 24.8 Å². The highest BCUT2D eigenvalue weighted by molar-refractivity contribution is 5.77. The Labute approximate surface area is 115 Å². The van der Waals surface area contributed by atoms with Gasteiger partial charge in [-0.25, -0.2) is 0 Å². The van der Waals surface area contributed by atoms with Gasteiger partial charge in [-0.05, 0) is 12.5 Å². The number of hydrogen-bond donors (Lipinski definition) is 1. The molecule has 1 heterocycles. The van der Waals surface area contributed by atoms with Crippen LogP contribution in [0.4, 0.5) is 0 Å². The molecule has 19 heavy (non-hydrogen) atoms. The van der Waals surface area contributed by atoms with E-state index in [1.165, 1.54) is 0 Å². The molecule has 3 heteroatoms. The number of benzene rings is 1. The van der Waals surface area contributed by atoms with Gasteiger partial charge in [0.15, 0.2) is 0 Å². The molecule has 1 unspecified atom stereocenters. The van der Waals surface area contributed by atoms with Crippen LogP contribution in [0.2, 0.25) is 0 Å². The maximum Gasteiger partial charge on any atom is 0.223 e. The fourth-order valence-corrected chi connectivity index (χ4v) is 2.51. The van der Waals surface area contributed by atoms with Crippen LogP contribution in [-0.2, 0) is 4.79 Å². The average Bonchev–Trinajstić information content (AvgIpc) is 2.45.